The molecule has 1 heterocycles. The summed E-state index contributed by atoms with van der Waals surface area (Å²) < 4.78 is 11.5. The van der Waals surface area contributed by atoms with Crippen molar-refractivity contribution in [3.63, 3.8) is 0 Å². The van der Waals surface area contributed by atoms with Gasteiger partial charge in [-0.15, -0.1) is 0 Å². The van der Waals surface area contributed by atoms with E-state index in [0.717, 1.165) is 5.56 Å². The molecule has 0 fully saturated rings. The maximum Gasteiger partial charge on any atom is 0.200 e. The molecule has 0 N–H and O–H groups in total. The summed E-state index contributed by atoms with van der Waals surface area (Å²) >= 11 is 18.2. The van der Waals surface area contributed by atoms with Crippen LogP contribution in [0, 0.1) is 0 Å². The second-order valence-corrected chi connectivity index (χ2v) is 7.38. The van der Waals surface area contributed by atoms with Crippen molar-refractivity contribution in [2.75, 3.05) is 0 Å². The molecule has 140 valence electrons. The molecule has 0 unspecified atom stereocenters. The number of ether oxygens (including phenoxy) is 1. The molecule has 0 bridgehead atoms. The lowest BCUT2D eigenvalue weighted by Gasteiger charge is -2.10. The molecule has 28 heavy (non-hydrogen) atoms. The summed E-state index contributed by atoms with van der Waals surface area (Å²) in [5.41, 5.74) is 2.23. The van der Waals surface area contributed by atoms with Crippen LogP contribution >= 0.6 is 34.8 Å². The third-order valence-electron chi connectivity index (χ3n) is 4.35. The Hall–Kier alpha value is -2.46. The number of hydrogen-bond acceptors (Lipinski definition) is 3. The highest BCUT2D eigenvalue weighted by molar-refractivity contribution is 6.36. The molecular formula is C22H13Cl3O3. The molecule has 0 radical (unpaired) electrons. The van der Waals surface area contributed by atoms with Gasteiger partial charge in [-0.05, 0) is 42.0 Å². The summed E-state index contributed by atoms with van der Waals surface area (Å²) in [5, 5.41) is 2.14. The molecule has 0 amide bonds. The van der Waals surface area contributed by atoms with Gasteiger partial charge in [0.2, 0.25) is 0 Å². The lowest BCUT2D eigenvalue weighted by molar-refractivity contribution is 0.306. The average Bonchev–Trinajstić information content (AvgIpc) is 2.69. The predicted molar refractivity (Wildman–Crippen MR) is 114 cm³/mol. The maximum absolute atomic E-state index is 12.8. The quantitative estimate of drug-likeness (QED) is 0.349. The van der Waals surface area contributed by atoms with E-state index in [1.54, 1.807) is 60.7 Å². The van der Waals surface area contributed by atoms with E-state index in [2.05, 4.69) is 0 Å². The van der Waals surface area contributed by atoms with E-state index in [9.17, 15) is 4.79 Å². The van der Waals surface area contributed by atoms with E-state index < -0.39 is 0 Å². The molecule has 0 saturated carbocycles. The molecule has 4 rings (SSSR count). The molecule has 0 saturated heterocycles. The Kier molecular flexibility index (Phi) is 5.31. The first-order valence-corrected chi connectivity index (χ1v) is 9.53. The van der Waals surface area contributed by atoms with Crippen LogP contribution in [0.4, 0.5) is 0 Å². The predicted octanol–water partition coefficient (Wildman–Crippen LogP) is 7.00. The topological polar surface area (TPSA) is 39.4 Å². The summed E-state index contributed by atoms with van der Waals surface area (Å²) in [6.45, 7) is 0.205. The van der Waals surface area contributed by atoms with E-state index in [4.69, 9.17) is 44.0 Å². The Morgan fingerprint density at radius 3 is 2.32 bits per heavy atom. The Morgan fingerprint density at radius 2 is 1.61 bits per heavy atom. The Bertz CT molecular complexity index is 1190. The molecule has 3 aromatic carbocycles. The first kappa shape index (κ1) is 18.9. The molecule has 0 aliphatic rings. The third-order valence-corrected chi connectivity index (χ3v) is 5.31. The number of halogens is 3. The fourth-order valence-electron chi connectivity index (χ4n) is 2.85. The van der Waals surface area contributed by atoms with Crippen LogP contribution in [0.5, 0.6) is 5.75 Å². The summed E-state index contributed by atoms with van der Waals surface area (Å²) in [6.07, 6.45) is 1.45. The number of benzene rings is 3. The minimum Gasteiger partial charge on any atom is -0.489 e. The number of hydrogen-bond donors (Lipinski definition) is 0. The standard InChI is InChI=1S/C22H13Cl3O3/c23-14-6-4-13(5-7-14)17-11-28-21-10-15(8-9-16(21)22(17)26)27-12-18-19(24)2-1-3-20(18)25/h1-11H,12H2. The summed E-state index contributed by atoms with van der Waals surface area (Å²) in [7, 11) is 0. The second kappa shape index (κ2) is 7.88. The zero-order valence-electron chi connectivity index (χ0n) is 14.4. The molecule has 6 heteroatoms. The van der Waals surface area contributed by atoms with Crippen molar-refractivity contribution >= 4 is 45.8 Å². The zero-order chi connectivity index (χ0) is 19.7. The van der Waals surface area contributed by atoms with Crippen LogP contribution in [-0.4, -0.2) is 0 Å². The molecule has 0 aliphatic carbocycles. The Labute approximate surface area is 176 Å². The van der Waals surface area contributed by atoms with Gasteiger partial charge in [0.25, 0.3) is 0 Å². The summed E-state index contributed by atoms with van der Waals surface area (Å²) in [6, 6.07) is 17.4. The van der Waals surface area contributed by atoms with E-state index in [1.165, 1.54) is 6.26 Å². The van der Waals surface area contributed by atoms with E-state index >= 15 is 0 Å². The summed E-state index contributed by atoms with van der Waals surface area (Å²) in [5.74, 6) is 0.547. The fraction of sp³-hybridized carbons (Fsp3) is 0.0455. The lowest BCUT2D eigenvalue weighted by Crippen LogP contribution is -2.05. The van der Waals surface area contributed by atoms with E-state index in [-0.39, 0.29) is 12.0 Å². The maximum atomic E-state index is 12.8. The van der Waals surface area contributed by atoms with Crippen molar-refractivity contribution < 1.29 is 9.15 Å². The van der Waals surface area contributed by atoms with Crippen LogP contribution in [0.3, 0.4) is 0 Å². The monoisotopic (exact) mass is 430 g/mol. The van der Waals surface area contributed by atoms with Gasteiger partial charge < -0.3 is 9.15 Å². The van der Waals surface area contributed by atoms with Gasteiger partial charge in [-0.25, -0.2) is 0 Å². The van der Waals surface area contributed by atoms with Crippen molar-refractivity contribution in [3.8, 4) is 16.9 Å². The highest BCUT2D eigenvalue weighted by Crippen LogP contribution is 2.28. The Balaban J connectivity index is 1.64. The zero-order valence-corrected chi connectivity index (χ0v) is 16.7. The van der Waals surface area contributed by atoms with E-state index in [1.807, 2.05) is 0 Å². The van der Waals surface area contributed by atoms with Gasteiger partial charge >= 0.3 is 0 Å². The van der Waals surface area contributed by atoms with Crippen LogP contribution in [0.1, 0.15) is 5.56 Å². The molecule has 1 aromatic heterocycles. The van der Waals surface area contributed by atoms with Gasteiger partial charge in [0.05, 0.1) is 10.9 Å². The lowest BCUT2D eigenvalue weighted by atomic mass is 10.1. The molecule has 3 nitrogen and oxygen atoms in total. The molecule has 0 atom stereocenters. The van der Waals surface area contributed by atoms with Crippen molar-refractivity contribution in [1.82, 2.24) is 0 Å². The minimum absolute atomic E-state index is 0.121. The third kappa shape index (κ3) is 3.74. The normalized spacial score (nSPS) is 11.0. The highest BCUT2D eigenvalue weighted by atomic mass is 35.5. The van der Waals surface area contributed by atoms with Gasteiger partial charge in [0, 0.05) is 26.7 Å². The first-order chi connectivity index (χ1) is 13.5. The van der Waals surface area contributed by atoms with Gasteiger partial charge in [0.1, 0.15) is 24.2 Å². The smallest absolute Gasteiger partial charge is 0.200 e. The van der Waals surface area contributed by atoms with E-state index in [0.29, 0.717) is 42.9 Å². The molecule has 0 aliphatic heterocycles. The van der Waals surface area contributed by atoms with Crippen molar-refractivity contribution in [1.29, 1.82) is 0 Å². The van der Waals surface area contributed by atoms with Crippen LogP contribution < -0.4 is 10.2 Å². The van der Waals surface area contributed by atoms with Gasteiger partial charge in [-0.2, -0.15) is 0 Å². The SMILES string of the molecule is O=c1c(-c2ccc(Cl)cc2)coc2cc(OCc3c(Cl)cccc3Cl)ccc12. The fourth-order valence-corrected chi connectivity index (χ4v) is 3.49. The van der Waals surface area contributed by atoms with Crippen LogP contribution in [0.25, 0.3) is 22.1 Å². The van der Waals surface area contributed by atoms with Crippen LogP contribution in [0.15, 0.2) is 76.1 Å². The second-order valence-electron chi connectivity index (χ2n) is 6.13. The van der Waals surface area contributed by atoms with Gasteiger partial charge in [-0.3, -0.25) is 4.79 Å². The van der Waals surface area contributed by atoms with Crippen molar-refractivity contribution in [3.05, 3.63) is 97.8 Å². The molecule has 0 spiro atoms. The summed E-state index contributed by atoms with van der Waals surface area (Å²) in [4.78, 5) is 12.8. The average molecular weight is 432 g/mol. The van der Waals surface area contributed by atoms with Gasteiger partial charge in [-0.1, -0.05) is 53.0 Å². The van der Waals surface area contributed by atoms with Crippen LogP contribution in [0.2, 0.25) is 15.1 Å². The Morgan fingerprint density at radius 1 is 0.893 bits per heavy atom. The number of fused-ring (bicyclic) bond motifs is 1. The molecular weight excluding hydrogens is 419 g/mol. The van der Waals surface area contributed by atoms with Crippen LogP contribution in [-0.2, 0) is 6.61 Å². The first-order valence-electron chi connectivity index (χ1n) is 8.40. The molecule has 4 aromatic rings. The van der Waals surface area contributed by atoms with Gasteiger partial charge in [0.15, 0.2) is 5.43 Å². The minimum atomic E-state index is -0.121. The van der Waals surface area contributed by atoms with Crippen molar-refractivity contribution in [2.24, 2.45) is 0 Å². The van der Waals surface area contributed by atoms with Crippen molar-refractivity contribution in [2.45, 2.75) is 6.61 Å². The highest BCUT2D eigenvalue weighted by Gasteiger charge is 2.11. The largest absolute Gasteiger partial charge is 0.489 e. The number of rotatable bonds is 4.